The van der Waals surface area contributed by atoms with E-state index < -0.39 is 0 Å². The Labute approximate surface area is 102 Å². The maximum absolute atomic E-state index is 11.5. The molecule has 1 rings (SSSR count). The van der Waals surface area contributed by atoms with Gasteiger partial charge in [-0.1, -0.05) is 18.2 Å². The van der Waals surface area contributed by atoms with Gasteiger partial charge in [-0.2, -0.15) is 0 Å². The van der Waals surface area contributed by atoms with Crippen molar-refractivity contribution >= 4 is 5.91 Å². The molecule has 0 unspecified atom stereocenters. The Morgan fingerprint density at radius 1 is 1.35 bits per heavy atom. The summed E-state index contributed by atoms with van der Waals surface area (Å²) in [7, 11) is 1.63. The van der Waals surface area contributed by atoms with Crippen molar-refractivity contribution in [2.75, 3.05) is 13.7 Å². The van der Waals surface area contributed by atoms with E-state index in [9.17, 15) is 4.79 Å². The third-order valence-electron chi connectivity index (χ3n) is 2.53. The van der Waals surface area contributed by atoms with Gasteiger partial charge in [0.2, 0.25) is 5.91 Å². The molecule has 3 N–H and O–H groups in total. The van der Waals surface area contributed by atoms with E-state index in [1.165, 1.54) is 0 Å². The van der Waals surface area contributed by atoms with E-state index >= 15 is 0 Å². The highest BCUT2D eigenvalue weighted by Crippen LogP contribution is 2.16. The second kappa shape index (κ2) is 7.68. The number of carbonyl (C=O) groups excluding carboxylic acids is 1. The highest BCUT2D eigenvalue weighted by molar-refractivity contribution is 5.75. The highest BCUT2D eigenvalue weighted by Gasteiger charge is 2.04. The van der Waals surface area contributed by atoms with E-state index in [4.69, 9.17) is 10.5 Å². The Kier molecular flexibility index (Phi) is 6.10. The summed E-state index contributed by atoms with van der Waals surface area (Å²) >= 11 is 0. The summed E-state index contributed by atoms with van der Waals surface area (Å²) < 4.78 is 5.21. The van der Waals surface area contributed by atoms with Crippen molar-refractivity contribution < 1.29 is 9.53 Å². The average molecular weight is 236 g/mol. The molecule has 1 aromatic carbocycles. The molecular formula is C13H20N2O2. The molecule has 94 valence electrons. The zero-order valence-electron chi connectivity index (χ0n) is 10.2. The second-order valence-corrected chi connectivity index (χ2v) is 3.83. The molecule has 0 atom stereocenters. The van der Waals surface area contributed by atoms with Crippen LogP contribution in [0.3, 0.4) is 0 Å². The number of para-hydroxylation sites is 1. The number of unbranched alkanes of at least 4 members (excludes halogenated alkanes) is 1. The monoisotopic (exact) mass is 236 g/mol. The zero-order valence-corrected chi connectivity index (χ0v) is 10.2. The Morgan fingerprint density at radius 3 is 2.82 bits per heavy atom. The fourth-order valence-corrected chi connectivity index (χ4v) is 1.56. The van der Waals surface area contributed by atoms with Gasteiger partial charge >= 0.3 is 0 Å². The Hall–Kier alpha value is -1.55. The molecule has 0 aliphatic carbocycles. The van der Waals surface area contributed by atoms with Crippen LogP contribution in [0.25, 0.3) is 0 Å². The van der Waals surface area contributed by atoms with E-state index in [0.29, 0.717) is 19.5 Å². The van der Waals surface area contributed by atoms with E-state index in [-0.39, 0.29) is 5.91 Å². The van der Waals surface area contributed by atoms with Crippen molar-refractivity contribution in [3.63, 3.8) is 0 Å². The van der Waals surface area contributed by atoms with Gasteiger partial charge in [0.05, 0.1) is 7.11 Å². The zero-order chi connectivity index (χ0) is 12.5. The number of ether oxygens (including phenoxy) is 1. The van der Waals surface area contributed by atoms with Crippen molar-refractivity contribution in [3.8, 4) is 5.75 Å². The molecule has 0 aromatic heterocycles. The van der Waals surface area contributed by atoms with Crippen LogP contribution in [-0.4, -0.2) is 19.6 Å². The molecular weight excluding hydrogens is 216 g/mol. The third kappa shape index (κ3) is 4.87. The Morgan fingerprint density at radius 2 is 2.12 bits per heavy atom. The van der Waals surface area contributed by atoms with Gasteiger partial charge in [0.15, 0.2) is 0 Å². The summed E-state index contributed by atoms with van der Waals surface area (Å²) in [5.41, 5.74) is 6.36. The van der Waals surface area contributed by atoms with E-state index in [1.807, 2.05) is 24.3 Å². The normalized spacial score (nSPS) is 10.0. The number of rotatable bonds is 7. The topological polar surface area (TPSA) is 64.3 Å². The number of nitrogens with one attached hydrogen (secondary N) is 1. The van der Waals surface area contributed by atoms with Gasteiger partial charge in [0.25, 0.3) is 0 Å². The maximum Gasteiger partial charge on any atom is 0.220 e. The highest BCUT2D eigenvalue weighted by atomic mass is 16.5. The Balaban J connectivity index is 2.36. The summed E-state index contributed by atoms with van der Waals surface area (Å²) in [5.74, 6) is 0.860. The smallest absolute Gasteiger partial charge is 0.220 e. The first-order valence-electron chi connectivity index (χ1n) is 5.86. The maximum atomic E-state index is 11.5. The lowest BCUT2D eigenvalue weighted by Gasteiger charge is -2.09. The van der Waals surface area contributed by atoms with Gasteiger partial charge in [0, 0.05) is 18.5 Å². The minimum Gasteiger partial charge on any atom is -0.496 e. The van der Waals surface area contributed by atoms with Crippen molar-refractivity contribution in [2.45, 2.75) is 25.8 Å². The second-order valence-electron chi connectivity index (χ2n) is 3.83. The quantitative estimate of drug-likeness (QED) is 0.704. The molecule has 0 spiro atoms. The first-order chi connectivity index (χ1) is 8.27. The van der Waals surface area contributed by atoms with E-state index in [1.54, 1.807) is 7.11 Å². The van der Waals surface area contributed by atoms with E-state index in [0.717, 1.165) is 24.2 Å². The molecule has 0 saturated carbocycles. The van der Waals surface area contributed by atoms with Crippen LogP contribution in [-0.2, 0) is 11.3 Å². The summed E-state index contributed by atoms with van der Waals surface area (Å²) in [5, 5.41) is 2.87. The van der Waals surface area contributed by atoms with Gasteiger partial charge < -0.3 is 15.8 Å². The summed E-state index contributed by atoms with van der Waals surface area (Å²) in [6.45, 7) is 1.14. The van der Waals surface area contributed by atoms with Gasteiger partial charge in [-0.25, -0.2) is 0 Å². The molecule has 0 radical (unpaired) electrons. The lowest BCUT2D eigenvalue weighted by atomic mass is 10.2. The van der Waals surface area contributed by atoms with Crippen molar-refractivity contribution in [2.24, 2.45) is 5.73 Å². The van der Waals surface area contributed by atoms with Gasteiger partial charge in [-0.05, 0) is 25.5 Å². The number of nitrogens with two attached hydrogens (primary N) is 1. The summed E-state index contributed by atoms with van der Waals surface area (Å²) in [6, 6.07) is 7.67. The molecule has 0 saturated heterocycles. The molecule has 0 fully saturated rings. The predicted molar refractivity (Wildman–Crippen MR) is 67.7 cm³/mol. The fourth-order valence-electron chi connectivity index (χ4n) is 1.56. The summed E-state index contributed by atoms with van der Waals surface area (Å²) in [4.78, 5) is 11.5. The molecule has 17 heavy (non-hydrogen) atoms. The van der Waals surface area contributed by atoms with Crippen LogP contribution in [0.1, 0.15) is 24.8 Å². The van der Waals surface area contributed by atoms with E-state index in [2.05, 4.69) is 5.32 Å². The lowest BCUT2D eigenvalue weighted by molar-refractivity contribution is -0.121. The first-order valence-corrected chi connectivity index (χ1v) is 5.86. The van der Waals surface area contributed by atoms with Crippen LogP contribution >= 0.6 is 0 Å². The van der Waals surface area contributed by atoms with Gasteiger partial charge in [0.1, 0.15) is 5.75 Å². The number of hydrogen-bond donors (Lipinski definition) is 2. The first kappa shape index (κ1) is 13.5. The largest absolute Gasteiger partial charge is 0.496 e. The molecule has 4 nitrogen and oxygen atoms in total. The fraction of sp³-hybridized carbons (Fsp3) is 0.462. The molecule has 0 heterocycles. The van der Waals surface area contributed by atoms with Crippen molar-refractivity contribution in [1.29, 1.82) is 0 Å². The molecule has 1 aromatic rings. The Bertz CT molecular complexity index is 353. The van der Waals surface area contributed by atoms with Crippen LogP contribution in [0.4, 0.5) is 0 Å². The number of hydrogen-bond acceptors (Lipinski definition) is 3. The predicted octanol–water partition coefficient (Wildman–Crippen LogP) is 1.44. The minimum absolute atomic E-state index is 0.0596. The van der Waals surface area contributed by atoms with Crippen molar-refractivity contribution in [1.82, 2.24) is 5.32 Å². The van der Waals surface area contributed by atoms with Gasteiger partial charge in [-0.3, -0.25) is 4.79 Å². The molecule has 0 aliphatic heterocycles. The van der Waals surface area contributed by atoms with Crippen molar-refractivity contribution in [3.05, 3.63) is 29.8 Å². The van der Waals surface area contributed by atoms with Crippen LogP contribution in [0.5, 0.6) is 5.75 Å². The molecule has 0 bridgehead atoms. The number of benzene rings is 1. The number of carbonyl (C=O) groups is 1. The van der Waals surface area contributed by atoms with Crippen LogP contribution < -0.4 is 15.8 Å². The minimum atomic E-state index is 0.0596. The van der Waals surface area contributed by atoms with Gasteiger partial charge in [-0.15, -0.1) is 0 Å². The molecule has 4 heteroatoms. The van der Waals surface area contributed by atoms with Crippen LogP contribution in [0.2, 0.25) is 0 Å². The third-order valence-corrected chi connectivity index (χ3v) is 2.53. The lowest BCUT2D eigenvalue weighted by Crippen LogP contribution is -2.22. The van der Waals surface area contributed by atoms with Crippen LogP contribution in [0, 0.1) is 0 Å². The van der Waals surface area contributed by atoms with Crippen LogP contribution in [0.15, 0.2) is 24.3 Å². The number of methoxy groups -OCH3 is 1. The number of amides is 1. The molecule has 0 aliphatic rings. The standard InChI is InChI=1S/C13H20N2O2/c1-17-12-7-3-2-6-11(12)10-15-13(16)8-4-5-9-14/h2-3,6-7H,4-5,8-10,14H2,1H3,(H,15,16). The SMILES string of the molecule is COc1ccccc1CNC(=O)CCCCN. The molecule has 1 amide bonds. The average Bonchev–Trinajstić information content (AvgIpc) is 2.37. The summed E-state index contributed by atoms with van der Waals surface area (Å²) in [6.07, 6.45) is 2.27.